The number of nitrogens with zero attached hydrogens (tertiary/aromatic N) is 1. The Bertz CT molecular complexity index is 1050. The van der Waals surface area contributed by atoms with Crippen molar-refractivity contribution in [1.29, 1.82) is 0 Å². The third-order valence-electron chi connectivity index (χ3n) is 5.76. The Morgan fingerprint density at radius 2 is 1.69 bits per heavy atom. The Morgan fingerprint density at radius 3 is 2.28 bits per heavy atom. The van der Waals surface area contributed by atoms with E-state index in [1.54, 1.807) is 30.5 Å². The number of methoxy groups -OCH3 is 2. The number of benzene rings is 2. The number of nitrogens with one attached hydrogen (secondary N) is 1. The van der Waals surface area contributed by atoms with E-state index in [9.17, 15) is 9.59 Å². The number of carbonyl (C=O) groups excluding carboxylic acids is 2. The number of ether oxygens (including phenoxy) is 2. The van der Waals surface area contributed by atoms with Gasteiger partial charge in [0.05, 0.1) is 32.7 Å². The Balaban J connectivity index is 1.68. The first-order valence-electron chi connectivity index (χ1n) is 10.5. The number of thiophene rings is 1. The molecule has 0 aliphatic carbocycles. The Labute approximate surface area is 191 Å². The van der Waals surface area contributed by atoms with Gasteiger partial charge < -0.3 is 19.7 Å². The van der Waals surface area contributed by atoms with Crippen molar-refractivity contribution in [3.8, 4) is 11.5 Å². The number of amides is 2. The number of rotatable bonds is 7. The van der Waals surface area contributed by atoms with E-state index in [-0.39, 0.29) is 17.7 Å². The Hall–Kier alpha value is -3.32. The van der Waals surface area contributed by atoms with Crippen LogP contribution in [0.15, 0.2) is 66.0 Å². The fraction of sp³-hybridized carbons (Fsp3) is 0.280. The molecule has 2 atom stereocenters. The molecule has 1 aliphatic rings. The van der Waals surface area contributed by atoms with Crippen LogP contribution in [0.2, 0.25) is 0 Å². The third kappa shape index (κ3) is 4.62. The van der Waals surface area contributed by atoms with E-state index in [0.717, 1.165) is 21.9 Å². The lowest BCUT2D eigenvalue weighted by Gasteiger charge is -2.41. The minimum Gasteiger partial charge on any atom is -0.497 e. The summed E-state index contributed by atoms with van der Waals surface area (Å²) < 4.78 is 10.6. The van der Waals surface area contributed by atoms with Gasteiger partial charge in [0.1, 0.15) is 11.5 Å². The summed E-state index contributed by atoms with van der Waals surface area (Å²) in [6.45, 7) is 0.485. The van der Waals surface area contributed by atoms with Crippen molar-refractivity contribution in [3.63, 3.8) is 0 Å². The SMILES string of the molecule is COc1ccc(C2C(C(=O)NCc3cccs3)CCC(=O)N2c2ccc(OC)cc2)cc1. The molecule has 7 heteroatoms. The van der Waals surface area contributed by atoms with Gasteiger partial charge in [-0.15, -0.1) is 11.3 Å². The van der Waals surface area contributed by atoms with Crippen LogP contribution in [0.25, 0.3) is 0 Å². The molecule has 0 spiro atoms. The second-order valence-electron chi connectivity index (χ2n) is 7.62. The average molecular weight is 451 g/mol. The van der Waals surface area contributed by atoms with Crippen molar-refractivity contribution < 1.29 is 19.1 Å². The maximum Gasteiger partial charge on any atom is 0.227 e. The smallest absolute Gasteiger partial charge is 0.227 e. The van der Waals surface area contributed by atoms with Gasteiger partial charge in [0, 0.05) is 17.0 Å². The minimum absolute atomic E-state index is 0.00158. The first-order valence-corrected chi connectivity index (χ1v) is 11.4. The zero-order chi connectivity index (χ0) is 22.5. The molecule has 1 fully saturated rings. The largest absolute Gasteiger partial charge is 0.497 e. The first-order chi connectivity index (χ1) is 15.6. The molecule has 32 heavy (non-hydrogen) atoms. The van der Waals surface area contributed by atoms with Gasteiger partial charge in [-0.3, -0.25) is 9.59 Å². The molecule has 4 rings (SSSR count). The number of hydrogen-bond donors (Lipinski definition) is 1. The van der Waals surface area contributed by atoms with E-state index in [1.165, 1.54) is 0 Å². The van der Waals surface area contributed by atoms with Crippen LogP contribution >= 0.6 is 11.3 Å². The van der Waals surface area contributed by atoms with Gasteiger partial charge in [-0.1, -0.05) is 18.2 Å². The highest BCUT2D eigenvalue weighted by Crippen LogP contribution is 2.41. The van der Waals surface area contributed by atoms with Gasteiger partial charge in [0.25, 0.3) is 0 Å². The van der Waals surface area contributed by atoms with E-state index in [2.05, 4.69) is 5.32 Å². The third-order valence-corrected chi connectivity index (χ3v) is 6.64. The van der Waals surface area contributed by atoms with Gasteiger partial charge in [-0.2, -0.15) is 0 Å². The number of carbonyl (C=O) groups is 2. The summed E-state index contributed by atoms with van der Waals surface area (Å²) in [5.41, 5.74) is 1.64. The lowest BCUT2D eigenvalue weighted by Crippen LogP contribution is -2.48. The van der Waals surface area contributed by atoms with Crippen molar-refractivity contribution in [1.82, 2.24) is 5.32 Å². The highest BCUT2D eigenvalue weighted by molar-refractivity contribution is 7.09. The first kappa shape index (κ1) is 21.9. The molecule has 2 aromatic carbocycles. The molecule has 2 amide bonds. The lowest BCUT2D eigenvalue weighted by atomic mass is 9.83. The van der Waals surface area contributed by atoms with Crippen LogP contribution < -0.4 is 19.7 Å². The Kier molecular flexibility index (Phi) is 6.75. The molecule has 6 nitrogen and oxygen atoms in total. The second kappa shape index (κ2) is 9.87. The van der Waals surface area contributed by atoms with Gasteiger partial charge in [-0.25, -0.2) is 0 Å². The van der Waals surface area contributed by atoms with Crippen molar-refractivity contribution >= 4 is 28.8 Å². The quantitative estimate of drug-likeness (QED) is 0.573. The molecule has 3 aromatic rings. The van der Waals surface area contributed by atoms with Gasteiger partial charge in [0.2, 0.25) is 11.8 Å². The van der Waals surface area contributed by atoms with Crippen LogP contribution in [0, 0.1) is 5.92 Å². The topological polar surface area (TPSA) is 67.9 Å². The molecular weight excluding hydrogens is 424 g/mol. The van der Waals surface area contributed by atoms with Crippen molar-refractivity contribution in [3.05, 3.63) is 76.5 Å². The maximum atomic E-state index is 13.3. The normalized spacial score (nSPS) is 18.3. The predicted molar refractivity (Wildman–Crippen MR) is 125 cm³/mol. The number of anilines is 1. The Morgan fingerprint density at radius 1 is 1.03 bits per heavy atom. The summed E-state index contributed by atoms with van der Waals surface area (Å²) in [6.07, 6.45) is 0.814. The molecule has 166 valence electrons. The van der Waals surface area contributed by atoms with Crippen LogP contribution in [0.1, 0.15) is 29.3 Å². The summed E-state index contributed by atoms with van der Waals surface area (Å²) in [6, 6.07) is 18.5. The van der Waals surface area contributed by atoms with Crippen LogP contribution in [0.3, 0.4) is 0 Å². The number of piperidine rings is 1. The predicted octanol–water partition coefficient (Wildman–Crippen LogP) is 4.57. The summed E-state index contributed by atoms with van der Waals surface area (Å²) in [7, 11) is 3.22. The second-order valence-corrected chi connectivity index (χ2v) is 8.65. The van der Waals surface area contributed by atoms with Crippen molar-refractivity contribution in [2.24, 2.45) is 5.92 Å². The van der Waals surface area contributed by atoms with Crippen LogP contribution in [-0.4, -0.2) is 26.0 Å². The van der Waals surface area contributed by atoms with E-state index in [4.69, 9.17) is 9.47 Å². The molecule has 2 heterocycles. The summed E-state index contributed by atoms with van der Waals surface area (Å²) in [5, 5.41) is 5.06. The molecule has 1 N–H and O–H groups in total. The van der Waals surface area contributed by atoms with Crippen molar-refractivity contribution in [2.45, 2.75) is 25.4 Å². The lowest BCUT2D eigenvalue weighted by molar-refractivity contribution is -0.129. The standard InChI is InChI=1S/C25H26N2O4S/c1-30-19-9-5-17(6-10-19)24-22(25(29)26-16-21-4-3-15-32-21)13-14-23(28)27(24)18-7-11-20(31-2)12-8-18/h3-12,15,22,24H,13-14,16H2,1-2H3,(H,26,29). The van der Waals surface area contributed by atoms with E-state index in [1.807, 2.05) is 66.0 Å². The van der Waals surface area contributed by atoms with Gasteiger partial charge in [-0.05, 0) is 59.8 Å². The molecule has 2 unspecified atom stereocenters. The molecular formula is C25H26N2O4S. The maximum absolute atomic E-state index is 13.3. The summed E-state index contributed by atoms with van der Waals surface area (Å²) in [4.78, 5) is 29.2. The van der Waals surface area contributed by atoms with Crippen LogP contribution in [-0.2, 0) is 16.1 Å². The highest BCUT2D eigenvalue weighted by atomic mass is 32.1. The number of hydrogen-bond acceptors (Lipinski definition) is 5. The summed E-state index contributed by atoms with van der Waals surface area (Å²) >= 11 is 1.61. The van der Waals surface area contributed by atoms with E-state index < -0.39 is 6.04 Å². The average Bonchev–Trinajstić information content (AvgIpc) is 3.36. The monoisotopic (exact) mass is 450 g/mol. The van der Waals surface area contributed by atoms with Crippen molar-refractivity contribution in [2.75, 3.05) is 19.1 Å². The highest BCUT2D eigenvalue weighted by Gasteiger charge is 2.41. The minimum atomic E-state index is -0.418. The molecule has 1 aliphatic heterocycles. The molecule has 1 aromatic heterocycles. The van der Waals surface area contributed by atoms with E-state index in [0.29, 0.717) is 25.1 Å². The van der Waals surface area contributed by atoms with Crippen LogP contribution in [0.5, 0.6) is 11.5 Å². The van der Waals surface area contributed by atoms with E-state index >= 15 is 0 Å². The zero-order valence-electron chi connectivity index (χ0n) is 18.1. The van der Waals surface area contributed by atoms with Gasteiger partial charge in [0.15, 0.2) is 0 Å². The molecule has 1 saturated heterocycles. The fourth-order valence-corrected chi connectivity index (χ4v) is 4.76. The van der Waals surface area contributed by atoms with Gasteiger partial charge >= 0.3 is 0 Å². The molecule has 0 bridgehead atoms. The summed E-state index contributed by atoms with van der Waals surface area (Å²) in [5.74, 6) is 1.02. The molecule has 0 saturated carbocycles. The fourth-order valence-electron chi connectivity index (χ4n) is 4.12. The molecule has 0 radical (unpaired) electrons. The zero-order valence-corrected chi connectivity index (χ0v) is 18.9. The van der Waals surface area contributed by atoms with Crippen LogP contribution in [0.4, 0.5) is 5.69 Å².